The Morgan fingerprint density at radius 1 is 1.19 bits per heavy atom. The number of benzene rings is 1. The Bertz CT molecular complexity index is 615. The van der Waals surface area contributed by atoms with E-state index in [2.05, 4.69) is 41.0 Å². The summed E-state index contributed by atoms with van der Waals surface area (Å²) < 4.78 is 0. The molecule has 1 aliphatic rings. The number of fused-ring (bicyclic) bond motifs is 1. The van der Waals surface area contributed by atoms with Gasteiger partial charge in [0.05, 0.1) is 0 Å². The van der Waals surface area contributed by atoms with Crippen LogP contribution >= 0.6 is 0 Å². The zero-order valence-corrected chi connectivity index (χ0v) is 12.9. The van der Waals surface area contributed by atoms with Crippen molar-refractivity contribution in [1.29, 1.82) is 0 Å². The van der Waals surface area contributed by atoms with Crippen molar-refractivity contribution in [2.24, 2.45) is 5.92 Å². The predicted octanol–water partition coefficient (Wildman–Crippen LogP) is 2.60. The molecular formula is C17H24N4. The molecule has 2 aromatic rings. The van der Waals surface area contributed by atoms with E-state index in [9.17, 15) is 0 Å². The van der Waals surface area contributed by atoms with Gasteiger partial charge in [-0.3, -0.25) is 4.98 Å². The van der Waals surface area contributed by atoms with E-state index in [-0.39, 0.29) is 0 Å². The second-order valence-corrected chi connectivity index (χ2v) is 6.29. The van der Waals surface area contributed by atoms with Crippen molar-refractivity contribution in [2.45, 2.75) is 12.8 Å². The maximum Gasteiger partial charge on any atom is 0.0448 e. The first kappa shape index (κ1) is 14.1. The second kappa shape index (κ2) is 5.90. The van der Waals surface area contributed by atoms with Crippen molar-refractivity contribution in [3.63, 3.8) is 0 Å². The summed E-state index contributed by atoms with van der Waals surface area (Å²) in [6, 6.07) is 6.24. The smallest absolute Gasteiger partial charge is 0.0448 e. The van der Waals surface area contributed by atoms with Gasteiger partial charge in [-0.05, 0) is 51.1 Å². The molecule has 4 nitrogen and oxygen atoms in total. The van der Waals surface area contributed by atoms with Crippen LogP contribution in [0.15, 0.2) is 30.6 Å². The predicted molar refractivity (Wildman–Crippen MR) is 89.6 cm³/mol. The highest BCUT2D eigenvalue weighted by atomic mass is 15.1. The van der Waals surface area contributed by atoms with Crippen molar-refractivity contribution in [2.75, 3.05) is 44.4 Å². The lowest BCUT2D eigenvalue weighted by atomic mass is 9.95. The summed E-state index contributed by atoms with van der Waals surface area (Å²) >= 11 is 0. The molecule has 4 heteroatoms. The minimum absolute atomic E-state index is 0.810. The third kappa shape index (κ3) is 2.95. The SMILES string of the molecule is CN(C)CC1CCN(c2ccc(N)c3cnccc23)CC1. The molecule has 1 aromatic carbocycles. The lowest BCUT2D eigenvalue weighted by molar-refractivity contribution is 0.285. The zero-order valence-electron chi connectivity index (χ0n) is 12.9. The van der Waals surface area contributed by atoms with E-state index in [4.69, 9.17) is 5.73 Å². The van der Waals surface area contributed by atoms with Crippen LogP contribution in [0.5, 0.6) is 0 Å². The molecule has 112 valence electrons. The number of rotatable bonds is 3. The summed E-state index contributed by atoms with van der Waals surface area (Å²) in [5.41, 5.74) is 8.17. The van der Waals surface area contributed by atoms with Crippen LogP contribution in [0.1, 0.15) is 12.8 Å². The van der Waals surface area contributed by atoms with Crippen molar-refractivity contribution < 1.29 is 0 Å². The van der Waals surface area contributed by atoms with Crippen molar-refractivity contribution in [1.82, 2.24) is 9.88 Å². The van der Waals surface area contributed by atoms with Gasteiger partial charge in [0.2, 0.25) is 0 Å². The number of hydrogen-bond acceptors (Lipinski definition) is 4. The van der Waals surface area contributed by atoms with Crippen LogP contribution in [-0.2, 0) is 0 Å². The lowest BCUT2D eigenvalue weighted by Gasteiger charge is -2.35. The molecular weight excluding hydrogens is 260 g/mol. The highest BCUT2D eigenvalue weighted by molar-refractivity contribution is 6.00. The first-order valence-corrected chi connectivity index (χ1v) is 7.67. The van der Waals surface area contributed by atoms with Gasteiger partial charge in [-0.2, -0.15) is 0 Å². The first-order valence-electron chi connectivity index (χ1n) is 7.67. The van der Waals surface area contributed by atoms with Crippen molar-refractivity contribution in [3.8, 4) is 0 Å². The van der Waals surface area contributed by atoms with Crippen LogP contribution in [0.2, 0.25) is 0 Å². The van der Waals surface area contributed by atoms with Crippen LogP contribution in [0.3, 0.4) is 0 Å². The van der Waals surface area contributed by atoms with Crippen LogP contribution in [0.4, 0.5) is 11.4 Å². The zero-order chi connectivity index (χ0) is 14.8. The number of nitrogens with two attached hydrogens (primary N) is 1. The second-order valence-electron chi connectivity index (χ2n) is 6.29. The third-order valence-electron chi connectivity index (χ3n) is 4.41. The minimum Gasteiger partial charge on any atom is -0.398 e. The number of nitrogen functional groups attached to an aromatic ring is 1. The number of anilines is 2. The Kier molecular flexibility index (Phi) is 3.97. The van der Waals surface area contributed by atoms with Crippen LogP contribution < -0.4 is 10.6 Å². The average Bonchev–Trinajstić information content (AvgIpc) is 2.48. The van der Waals surface area contributed by atoms with E-state index in [1.54, 1.807) is 0 Å². The monoisotopic (exact) mass is 284 g/mol. The van der Waals surface area contributed by atoms with E-state index in [0.717, 1.165) is 30.1 Å². The molecule has 2 N–H and O–H groups in total. The van der Waals surface area contributed by atoms with Gasteiger partial charge in [0.15, 0.2) is 0 Å². The third-order valence-corrected chi connectivity index (χ3v) is 4.41. The summed E-state index contributed by atoms with van der Waals surface area (Å²) in [6.07, 6.45) is 6.24. The molecule has 3 rings (SSSR count). The molecule has 2 heterocycles. The first-order chi connectivity index (χ1) is 10.1. The molecule has 0 saturated carbocycles. The Morgan fingerprint density at radius 2 is 1.95 bits per heavy atom. The van der Waals surface area contributed by atoms with Gasteiger partial charge in [-0.1, -0.05) is 0 Å². The number of aromatic nitrogens is 1. The summed E-state index contributed by atoms with van der Waals surface area (Å²) in [5, 5.41) is 2.28. The van der Waals surface area contributed by atoms with Gasteiger partial charge in [-0.25, -0.2) is 0 Å². The van der Waals surface area contributed by atoms with Crippen molar-refractivity contribution >= 4 is 22.1 Å². The molecule has 21 heavy (non-hydrogen) atoms. The molecule has 1 aromatic heterocycles. The molecule has 0 radical (unpaired) electrons. The highest BCUT2D eigenvalue weighted by Crippen LogP contribution is 2.32. The molecule has 1 saturated heterocycles. The number of nitrogens with zero attached hydrogens (tertiary/aromatic N) is 3. The van der Waals surface area contributed by atoms with Gasteiger partial charge in [0.1, 0.15) is 0 Å². The Morgan fingerprint density at radius 3 is 2.67 bits per heavy atom. The van der Waals surface area contributed by atoms with E-state index < -0.39 is 0 Å². The van der Waals surface area contributed by atoms with Crippen molar-refractivity contribution in [3.05, 3.63) is 30.6 Å². The molecule has 0 aliphatic carbocycles. The van der Waals surface area contributed by atoms with E-state index >= 15 is 0 Å². The maximum absolute atomic E-state index is 6.07. The number of hydrogen-bond donors (Lipinski definition) is 1. The summed E-state index contributed by atoms with van der Waals surface area (Å²) in [5.74, 6) is 0.818. The van der Waals surface area contributed by atoms with Gasteiger partial charge >= 0.3 is 0 Å². The quantitative estimate of drug-likeness (QED) is 0.880. The fraction of sp³-hybridized carbons (Fsp3) is 0.471. The highest BCUT2D eigenvalue weighted by Gasteiger charge is 2.21. The Hall–Kier alpha value is -1.81. The maximum atomic E-state index is 6.07. The molecule has 0 spiro atoms. The molecule has 1 aliphatic heterocycles. The Balaban J connectivity index is 1.81. The van der Waals surface area contributed by atoms with E-state index in [0.29, 0.717) is 0 Å². The fourth-order valence-electron chi connectivity index (χ4n) is 3.34. The minimum atomic E-state index is 0.810. The topological polar surface area (TPSA) is 45.4 Å². The number of pyridine rings is 1. The van der Waals surface area contributed by atoms with Crippen LogP contribution in [0.25, 0.3) is 10.8 Å². The normalized spacial score (nSPS) is 16.8. The molecule has 0 amide bonds. The van der Waals surface area contributed by atoms with Crippen LogP contribution in [0, 0.1) is 5.92 Å². The molecule has 0 unspecified atom stereocenters. The standard InChI is InChI=1S/C17H24N4/c1-20(2)12-13-6-9-21(10-7-13)17-4-3-16(18)15-11-19-8-5-14(15)17/h3-5,8,11,13H,6-7,9-10,12,18H2,1-2H3. The number of piperidine rings is 1. The molecule has 1 fully saturated rings. The van der Waals surface area contributed by atoms with Gasteiger partial charge < -0.3 is 15.5 Å². The van der Waals surface area contributed by atoms with Gasteiger partial charge in [0, 0.05) is 54.2 Å². The fourth-order valence-corrected chi connectivity index (χ4v) is 3.34. The summed E-state index contributed by atoms with van der Waals surface area (Å²) in [6.45, 7) is 3.44. The van der Waals surface area contributed by atoms with Gasteiger partial charge in [0.25, 0.3) is 0 Å². The molecule has 0 atom stereocenters. The van der Waals surface area contributed by atoms with Gasteiger partial charge in [-0.15, -0.1) is 0 Å². The Labute approximate surface area is 126 Å². The molecule has 0 bridgehead atoms. The summed E-state index contributed by atoms with van der Waals surface area (Å²) in [7, 11) is 4.32. The van der Waals surface area contributed by atoms with Crippen LogP contribution in [-0.4, -0.2) is 43.6 Å². The average molecular weight is 284 g/mol. The summed E-state index contributed by atoms with van der Waals surface area (Å²) in [4.78, 5) is 8.99. The lowest BCUT2D eigenvalue weighted by Crippen LogP contribution is -2.37. The van der Waals surface area contributed by atoms with E-state index in [1.807, 2.05) is 18.5 Å². The largest absolute Gasteiger partial charge is 0.398 e. The van der Waals surface area contributed by atoms with E-state index in [1.165, 1.54) is 30.5 Å².